The Hall–Kier alpha value is -2.70. The van der Waals surface area contributed by atoms with Crippen LogP contribution in [0.1, 0.15) is 47.2 Å². The van der Waals surface area contributed by atoms with Crippen LogP contribution < -0.4 is 4.90 Å². The second-order valence-corrected chi connectivity index (χ2v) is 9.02. The number of carbonyl (C=O) groups excluding carboxylic acids is 1. The molecule has 0 aliphatic rings. The lowest BCUT2D eigenvalue weighted by Crippen LogP contribution is -2.32. The predicted molar refractivity (Wildman–Crippen MR) is 124 cm³/mol. The van der Waals surface area contributed by atoms with Gasteiger partial charge in [-0.2, -0.15) is 5.10 Å². The summed E-state index contributed by atoms with van der Waals surface area (Å²) in [6, 6.07) is 15.7. The summed E-state index contributed by atoms with van der Waals surface area (Å²) in [6.07, 6.45) is 0. The molecule has 30 heavy (non-hydrogen) atoms. The lowest BCUT2D eigenvalue weighted by molar-refractivity contribution is 0.0973. The van der Waals surface area contributed by atoms with Gasteiger partial charge in [-0.3, -0.25) is 14.4 Å². The first-order chi connectivity index (χ1) is 14.3. The molecule has 2 heterocycles. The summed E-state index contributed by atoms with van der Waals surface area (Å²) < 4.78 is 2.79. The normalized spacial score (nSPS) is 11.4. The van der Waals surface area contributed by atoms with Gasteiger partial charge in [-0.05, 0) is 57.0 Å². The van der Waals surface area contributed by atoms with Crippen LogP contribution in [-0.2, 0) is 6.54 Å². The smallest absolute Gasteiger partial charge is 0.278 e. The predicted octanol–water partition coefficient (Wildman–Crippen LogP) is 6.19. The number of hydrogen-bond acceptors (Lipinski definition) is 4. The summed E-state index contributed by atoms with van der Waals surface area (Å²) in [6.45, 7) is 8.32. The zero-order chi connectivity index (χ0) is 21.4. The highest BCUT2D eigenvalue weighted by Gasteiger charge is 2.26. The molecule has 2 aromatic carbocycles. The van der Waals surface area contributed by atoms with Gasteiger partial charge in [0, 0.05) is 11.1 Å². The van der Waals surface area contributed by atoms with E-state index in [1.54, 1.807) is 9.58 Å². The summed E-state index contributed by atoms with van der Waals surface area (Å²) in [5, 5.41) is 5.84. The van der Waals surface area contributed by atoms with Gasteiger partial charge in [-0.1, -0.05) is 53.3 Å². The Kier molecular flexibility index (Phi) is 5.62. The molecule has 2 aromatic heterocycles. The molecule has 5 nitrogen and oxygen atoms in total. The lowest BCUT2D eigenvalue weighted by Gasteiger charge is -2.21. The lowest BCUT2D eigenvalue weighted by atomic mass is 10.2. The molecule has 0 saturated heterocycles. The number of hydrogen-bond donors (Lipinski definition) is 0. The van der Waals surface area contributed by atoms with E-state index in [1.807, 2.05) is 76.2 Å². The molecule has 0 N–H and O–H groups in total. The van der Waals surface area contributed by atoms with E-state index in [4.69, 9.17) is 16.6 Å². The molecule has 0 aliphatic heterocycles. The van der Waals surface area contributed by atoms with Gasteiger partial charge < -0.3 is 0 Å². The van der Waals surface area contributed by atoms with Gasteiger partial charge in [0.05, 0.1) is 22.5 Å². The van der Waals surface area contributed by atoms with Crippen LogP contribution in [0, 0.1) is 13.8 Å². The molecular weight excluding hydrogens is 416 g/mol. The molecule has 0 fully saturated rings. The molecule has 0 spiro atoms. The quantitative estimate of drug-likeness (QED) is 0.373. The van der Waals surface area contributed by atoms with Crippen LogP contribution in [0.3, 0.4) is 0 Å². The number of amides is 1. The SMILES string of the molecule is Cc1cc(C(=O)N(Cc2ccccc2)c2nc3c(C)c(Cl)ccc3s2)n(C(C)C)n1. The Morgan fingerprint density at radius 1 is 1.17 bits per heavy atom. The van der Waals surface area contributed by atoms with Crippen molar-refractivity contribution in [2.75, 3.05) is 4.90 Å². The molecule has 0 atom stereocenters. The van der Waals surface area contributed by atoms with Gasteiger partial charge >= 0.3 is 0 Å². The summed E-state index contributed by atoms with van der Waals surface area (Å²) in [7, 11) is 0. The highest BCUT2D eigenvalue weighted by atomic mass is 35.5. The number of anilines is 1. The van der Waals surface area contributed by atoms with Crippen LogP contribution >= 0.6 is 22.9 Å². The fraction of sp³-hybridized carbons (Fsp3) is 0.261. The second kappa shape index (κ2) is 8.20. The number of benzene rings is 2. The minimum Gasteiger partial charge on any atom is -0.278 e. The second-order valence-electron chi connectivity index (χ2n) is 7.60. The first-order valence-corrected chi connectivity index (χ1v) is 11.0. The van der Waals surface area contributed by atoms with Crippen molar-refractivity contribution in [3.8, 4) is 0 Å². The van der Waals surface area contributed by atoms with Crippen molar-refractivity contribution in [2.45, 2.75) is 40.3 Å². The monoisotopic (exact) mass is 438 g/mol. The Morgan fingerprint density at radius 3 is 2.60 bits per heavy atom. The van der Waals surface area contributed by atoms with E-state index in [2.05, 4.69) is 5.10 Å². The number of aromatic nitrogens is 3. The third kappa shape index (κ3) is 3.85. The minimum atomic E-state index is -0.115. The van der Waals surface area contributed by atoms with Gasteiger partial charge in [0.15, 0.2) is 5.13 Å². The Bertz CT molecular complexity index is 1210. The van der Waals surface area contributed by atoms with Crippen LogP contribution in [0.4, 0.5) is 5.13 Å². The Balaban J connectivity index is 1.83. The summed E-state index contributed by atoms with van der Waals surface area (Å²) >= 11 is 7.79. The van der Waals surface area contributed by atoms with Crippen LogP contribution in [0.2, 0.25) is 5.02 Å². The van der Waals surface area contributed by atoms with Crippen molar-refractivity contribution < 1.29 is 4.79 Å². The highest BCUT2D eigenvalue weighted by molar-refractivity contribution is 7.22. The molecule has 0 radical (unpaired) electrons. The minimum absolute atomic E-state index is 0.0765. The van der Waals surface area contributed by atoms with Crippen LogP contribution in [0.25, 0.3) is 10.2 Å². The third-order valence-corrected chi connectivity index (χ3v) is 6.42. The van der Waals surface area contributed by atoms with Crippen molar-refractivity contribution in [1.82, 2.24) is 14.8 Å². The standard InChI is InChI=1S/C23H23ClN4OS/c1-14(2)28-19(12-15(3)26-28)22(29)27(13-17-8-6-5-7-9-17)23-25-21-16(4)18(24)10-11-20(21)30-23/h5-12,14H,13H2,1-4H3. The summed E-state index contributed by atoms with van der Waals surface area (Å²) in [5.74, 6) is -0.115. The van der Waals surface area contributed by atoms with E-state index in [-0.39, 0.29) is 11.9 Å². The van der Waals surface area contributed by atoms with E-state index in [1.165, 1.54) is 11.3 Å². The Labute approximate surface area is 184 Å². The average molecular weight is 439 g/mol. The van der Waals surface area contributed by atoms with Crippen LogP contribution in [0.5, 0.6) is 0 Å². The maximum absolute atomic E-state index is 13.7. The zero-order valence-corrected chi connectivity index (χ0v) is 19.0. The van der Waals surface area contributed by atoms with E-state index in [0.717, 1.165) is 27.0 Å². The topological polar surface area (TPSA) is 51.0 Å². The first kappa shape index (κ1) is 20.6. The van der Waals surface area contributed by atoms with E-state index in [0.29, 0.717) is 22.4 Å². The number of rotatable bonds is 5. The number of thiazole rings is 1. The summed E-state index contributed by atoms with van der Waals surface area (Å²) in [4.78, 5) is 20.3. The van der Waals surface area contributed by atoms with Gasteiger partial charge in [-0.25, -0.2) is 4.98 Å². The van der Waals surface area contributed by atoms with Gasteiger partial charge in [-0.15, -0.1) is 0 Å². The van der Waals surface area contributed by atoms with E-state index < -0.39 is 0 Å². The molecule has 154 valence electrons. The van der Waals surface area contributed by atoms with Crippen molar-refractivity contribution in [2.24, 2.45) is 0 Å². The fourth-order valence-corrected chi connectivity index (χ4v) is 4.58. The molecule has 0 bridgehead atoms. The van der Waals surface area contributed by atoms with Crippen molar-refractivity contribution in [3.05, 3.63) is 76.1 Å². The van der Waals surface area contributed by atoms with E-state index >= 15 is 0 Å². The molecule has 7 heteroatoms. The number of halogens is 1. The van der Waals surface area contributed by atoms with Gasteiger partial charge in [0.1, 0.15) is 5.69 Å². The molecule has 1 amide bonds. The summed E-state index contributed by atoms with van der Waals surface area (Å²) in [5.41, 5.74) is 4.17. The largest absolute Gasteiger partial charge is 0.278 e. The fourth-order valence-electron chi connectivity index (χ4n) is 3.40. The number of fused-ring (bicyclic) bond motifs is 1. The first-order valence-electron chi connectivity index (χ1n) is 9.82. The Morgan fingerprint density at radius 2 is 1.90 bits per heavy atom. The number of nitrogens with zero attached hydrogens (tertiary/aromatic N) is 4. The molecule has 4 aromatic rings. The number of aryl methyl sites for hydroxylation is 2. The van der Waals surface area contributed by atoms with Crippen LogP contribution in [0.15, 0.2) is 48.5 Å². The highest BCUT2D eigenvalue weighted by Crippen LogP contribution is 2.35. The maximum Gasteiger partial charge on any atom is 0.278 e. The molecule has 0 aliphatic carbocycles. The van der Waals surface area contributed by atoms with Crippen molar-refractivity contribution in [3.63, 3.8) is 0 Å². The molecule has 0 unspecified atom stereocenters. The van der Waals surface area contributed by atoms with Crippen LogP contribution in [-0.4, -0.2) is 20.7 Å². The van der Waals surface area contributed by atoms with Crippen molar-refractivity contribution in [1.29, 1.82) is 0 Å². The number of carbonyl (C=O) groups is 1. The maximum atomic E-state index is 13.7. The van der Waals surface area contributed by atoms with Crippen molar-refractivity contribution >= 4 is 44.2 Å². The van der Waals surface area contributed by atoms with E-state index in [9.17, 15) is 4.79 Å². The third-order valence-electron chi connectivity index (χ3n) is 4.96. The average Bonchev–Trinajstić information content (AvgIpc) is 3.33. The molecule has 4 rings (SSSR count). The van der Waals surface area contributed by atoms with Gasteiger partial charge in [0.25, 0.3) is 5.91 Å². The molecule has 0 saturated carbocycles. The zero-order valence-electron chi connectivity index (χ0n) is 17.4. The molecular formula is C23H23ClN4OS. The van der Waals surface area contributed by atoms with Gasteiger partial charge in [0.2, 0.25) is 0 Å².